The van der Waals surface area contributed by atoms with Crippen molar-refractivity contribution in [3.05, 3.63) is 38.7 Å². The lowest BCUT2D eigenvalue weighted by Crippen LogP contribution is -2.12. The normalized spacial score (nSPS) is 10.3. The summed E-state index contributed by atoms with van der Waals surface area (Å²) < 4.78 is 6.85. The summed E-state index contributed by atoms with van der Waals surface area (Å²) in [5.41, 5.74) is 12.2. The number of carbonyl (C=O) groups excluding carboxylic acids is 2. The first-order valence-corrected chi connectivity index (χ1v) is 7.26. The summed E-state index contributed by atoms with van der Waals surface area (Å²) in [4.78, 5) is 23.1. The van der Waals surface area contributed by atoms with Crippen molar-refractivity contribution in [1.29, 1.82) is 0 Å². The molecule has 0 atom stereocenters. The van der Waals surface area contributed by atoms with Crippen molar-refractivity contribution in [3.8, 4) is 5.69 Å². The van der Waals surface area contributed by atoms with Gasteiger partial charge in [-0.15, -0.1) is 0 Å². The van der Waals surface area contributed by atoms with E-state index in [4.69, 9.17) is 28.4 Å². The first-order chi connectivity index (χ1) is 9.95. The van der Waals surface area contributed by atoms with Gasteiger partial charge < -0.3 is 16.2 Å². The molecule has 1 aromatic heterocycles. The molecule has 0 unspecified atom stereocenters. The Morgan fingerprint density at radius 2 is 1.95 bits per heavy atom. The number of carbonyl (C=O) groups is 2. The fourth-order valence-electron chi connectivity index (χ4n) is 1.77. The highest BCUT2D eigenvalue weighted by molar-refractivity contribution is 7.73. The summed E-state index contributed by atoms with van der Waals surface area (Å²) in [6.07, 6.45) is 0. The number of nitrogen functional groups attached to an aromatic ring is 1. The first kappa shape index (κ1) is 15.2. The highest BCUT2D eigenvalue weighted by Crippen LogP contribution is 2.25. The van der Waals surface area contributed by atoms with Gasteiger partial charge in [-0.3, -0.25) is 9.36 Å². The van der Waals surface area contributed by atoms with E-state index in [0.717, 1.165) is 11.3 Å². The smallest absolute Gasteiger partial charge is 0.338 e. The molecule has 4 N–H and O–H groups in total. The molecule has 0 saturated heterocycles. The molecule has 8 heteroatoms. The van der Waals surface area contributed by atoms with Crippen LogP contribution in [0.4, 0.5) is 5.82 Å². The van der Waals surface area contributed by atoms with Gasteiger partial charge >= 0.3 is 5.97 Å². The second-order valence-corrected chi connectivity index (χ2v) is 5.69. The van der Waals surface area contributed by atoms with Crippen LogP contribution in [0.15, 0.2) is 24.3 Å². The molecule has 2 rings (SSSR count). The Labute approximate surface area is 129 Å². The summed E-state index contributed by atoms with van der Waals surface area (Å²) in [5.74, 6) is -0.823. The third kappa shape index (κ3) is 2.96. The number of hydrogen-bond acceptors (Lipinski definition) is 6. The van der Waals surface area contributed by atoms with Crippen molar-refractivity contribution < 1.29 is 14.3 Å². The molecule has 21 heavy (non-hydrogen) atoms. The molecule has 6 nitrogen and oxygen atoms in total. The molecule has 1 aromatic carbocycles. The van der Waals surface area contributed by atoms with E-state index >= 15 is 0 Å². The van der Waals surface area contributed by atoms with E-state index in [0.29, 0.717) is 21.8 Å². The minimum absolute atomic E-state index is 0.196. The Morgan fingerprint density at radius 1 is 1.33 bits per heavy atom. The van der Waals surface area contributed by atoms with Crippen LogP contribution in [-0.4, -0.2) is 23.1 Å². The van der Waals surface area contributed by atoms with Crippen LogP contribution in [0.25, 0.3) is 5.69 Å². The number of hydrogen-bond donors (Lipinski definition) is 2. The van der Waals surface area contributed by atoms with Gasteiger partial charge in [-0.25, -0.2) is 4.79 Å². The Bertz CT molecular complexity index is 747. The van der Waals surface area contributed by atoms with Gasteiger partial charge in [-0.1, -0.05) is 11.3 Å². The molecule has 0 radical (unpaired) electrons. The fraction of sp³-hybridized carbons (Fsp3) is 0.154. The minimum Gasteiger partial charge on any atom is -0.462 e. The average molecular weight is 323 g/mol. The number of aromatic nitrogens is 1. The molecule has 0 bridgehead atoms. The van der Waals surface area contributed by atoms with Crippen molar-refractivity contribution in [1.82, 2.24) is 4.57 Å². The number of nitrogens with two attached hydrogens (primary N) is 2. The average Bonchev–Trinajstić information content (AvgIpc) is 2.75. The standard InChI is InChI=1S/C13H13N3O3S2/c1-2-19-12(18)7-3-5-8(6-4-7)16-10(14)9(11(15)17)21-13(16)20/h3-6H,2,14H2,1H3,(H2,15,17). The monoisotopic (exact) mass is 323 g/mol. The number of thiazole rings is 1. The van der Waals surface area contributed by atoms with Gasteiger partial charge in [0.15, 0.2) is 3.95 Å². The molecule has 1 heterocycles. The SMILES string of the molecule is CCOC(=O)c1ccc(-n2c(N)c(C(N)=O)sc2=S)cc1. The highest BCUT2D eigenvalue weighted by atomic mass is 32.1. The first-order valence-electron chi connectivity index (χ1n) is 6.04. The topological polar surface area (TPSA) is 100 Å². The molecular weight excluding hydrogens is 310 g/mol. The quantitative estimate of drug-likeness (QED) is 0.663. The lowest BCUT2D eigenvalue weighted by atomic mass is 10.2. The molecule has 0 saturated carbocycles. The number of ether oxygens (including phenoxy) is 1. The van der Waals surface area contributed by atoms with Gasteiger partial charge in [-0.05, 0) is 43.4 Å². The lowest BCUT2D eigenvalue weighted by Gasteiger charge is -2.07. The van der Waals surface area contributed by atoms with E-state index in [1.807, 2.05) is 0 Å². The van der Waals surface area contributed by atoms with Gasteiger partial charge in [0.25, 0.3) is 5.91 Å². The zero-order valence-electron chi connectivity index (χ0n) is 11.2. The van der Waals surface area contributed by atoms with E-state index in [2.05, 4.69) is 0 Å². The largest absolute Gasteiger partial charge is 0.462 e. The van der Waals surface area contributed by atoms with Crippen molar-refractivity contribution in [3.63, 3.8) is 0 Å². The van der Waals surface area contributed by atoms with Crippen LogP contribution >= 0.6 is 23.6 Å². The third-order valence-corrected chi connectivity index (χ3v) is 4.11. The predicted molar refractivity (Wildman–Crippen MR) is 83.4 cm³/mol. The van der Waals surface area contributed by atoms with Crippen molar-refractivity contribution >= 4 is 41.2 Å². The Hall–Kier alpha value is -2.19. The van der Waals surface area contributed by atoms with Gasteiger partial charge in [0, 0.05) is 5.69 Å². The number of amides is 1. The number of benzene rings is 1. The molecule has 0 spiro atoms. The molecule has 1 amide bonds. The number of esters is 1. The van der Waals surface area contributed by atoms with Crippen LogP contribution in [-0.2, 0) is 4.74 Å². The zero-order valence-corrected chi connectivity index (χ0v) is 12.8. The number of rotatable bonds is 4. The second kappa shape index (κ2) is 6.06. The van der Waals surface area contributed by atoms with E-state index in [1.54, 1.807) is 31.2 Å². The minimum atomic E-state index is -0.620. The van der Waals surface area contributed by atoms with Gasteiger partial charge in [-0.2, -0.15) is 0 Å². The highest BCUT2D eigenvalue weighted by Gasteiger charge is 2.16. The van der Waals surface area contributed by atoms with Crippen LogP contribution in [0, 0.1) is 3.95 Å². The van der Waals surface area contributed by atoms with Crippen LogP contribution in [0.3, 0.4) is 0 Å². The van der Waals surface area contributed by atoms with Crippen LogP contribution in [0.2, 0.25) is 0 Å². The number of anilines is 1. The number of nitrogens with zero attached hydrogens (tertiary/aromatic N) is 1. The molecule has 2 aromatic rings. The summed E-state index contributed by atoms with van der Waals surface area (Å²) in [7, 11) is 0. The molecule has 0 fully saturated rings. The van der Waals surface area contributed by atoms with Crippen molar-refractivity contribution in [2.24, 2.45) is 5.73 Å². The molecule has 0 aliphatic heterocycles. The summed E-state index contributed by atoms with van der Waals surface area (Å²) in [5, 5.41) is 0. The molecule has 110 valence electrons. The second-order valence-electron chi connectivity index (χ2n) is 4.05. The Morgan fingerprint density at radius 3 is 2.43 bits per heavy atom. The molecular formula is C13H13N3O3S2. The van der Waals surface area contributed by atoms with Crippen LogP contribution < -0.4 is 11.5 Å². The Kier molecular flexibility index (Phi) is 4.39. The fourth-order valence-corrected chi connectivity index (χ4v) is 2.99. The predicted octanol–water partition coefficient (Wildman–Crippen LogP) is 2.13. The maximum atomic E-state index is 11.6. The van der Waals surface area contributed by atoms with E-state index in [9.17, 15) is 9.59 Å². The van der Waals surface area contributed by atoms with Crippen LogP contribution in [0.5, 0.6) is 0 Å². The maximum absolute atomic E-state index is 11.6. The van der Waals surface area contributed by atoms with E-state index in [1.165, 1.54) is 4.57 Å². The summed E-state index contributed by atoms with van der Waals surface area (Å²) in [6, 6.07) is 6.57. The molecule has 0 aliphatic rings. The van der Waals surface area contributed by atoms with E-state index < -0.39 is 11.9 Å². The van der Waals surface area contributed by atoms with Crippen molar-refractivity contribution in [2.45, 2.75) is 6.92 Å². The zero-order chi connectivity index (χ0) is 15.6. The lowest BCUT2D eigenvalue weighted by molar-refractivity contribution is 0.0526. The van der Waals surface area contributed by atoms with Crippen LogP contribution in [0.1, 0.15) is 27.0 Å². The van der Waals surface area contributed by atoms with Crippen molar-refractivity contribution in [2.75, 3.05) is 12.3 Å². The maximum Gasteiger partial charge on any atom is 0.338 e. The number of primary amides is 1. The Balaban J connectivity index is 2.42. The molecule has 0 aliphatic carbocycles. The third-order valence-electron chi connectivity index (χ3n) is 2.71. The summed E-state index contributed by atoms with van der Waals surface area (Å²) in [6.45, 7) is 2.05. The summed E-state index contributed by atoms with van der Waals surface area (Å²) >= 11 is 6.24. The van der Waals surface area contributed by atoms with Gasteiger partial charge in [0.05, 0.1) is 12.2 Å². The van der Waals surface area contributed by atoms with Gasteiger partial charge in [0.1, 0.15) is 10.7 Å². The van der Waals surface area contributed by atoms with E-state index in [-0.39, 0.29) is 10.7 Å². The van der Waals surface area contributed by atoms with Gasteiger partial charge in [0.2, 0.25) is 0 Å².